The number of amides is 2. The average molecular weight is 757 g/mol. The Balaban J connectivity index is 1.56. The smallest absolute Gasteiger partial charge is 0.262 e. The van der Waals surface area contributed by atoms with Gasteiger partial charge in [0.05, 0.1) is 30.6 Å². The fourth-order valence-electron chi connectivity index (χ4n) is 2.88. The number of carbonyl (C=O) groups excluding carboxylic acids is 2. The van der Waals surface area contributed by atoms with Crippen LogP contribution in [0.5, 0.6) is 5.75 Å². The molecule has 0 radical (unpaired) electrons. The topological polar surface area (TPSA) is 104 Å². The van der Waals surface area contributed by atoms with Crippen LogP contribution in [0.25, 0.3) is 0 Å². The number of halogens is 3. The number of ether oxygens (including phenoxy) is 1. The molecule has 2 N–H and O–H groups in total. The first kappa shape index (κ1) is 27.1. The number of nitriles is 1. The van der Waals surface area contributed by atoms with Crippen LogP contribution in [0.15, 0.2) is 70.2 Å². The van der Waals surface area contributed by atoms with Gasteiger partial charge < -0.3 is 10.1 Å². The molecule has 0 saturated heterocycles. The molecule has 7 nitrogen and oxygen atoms in total. The van der Waals surface area contributed by atoms with Crippen molar-refractivity contribution in [2.75, 3.05) is 0 Å². The van der Waals surface area contributed by atoms with Gasteiger partial charge in [-0.3, -0.25) is 9.59 Å². The highest BCUT2D eigenvalue weighted by Gasteiger charge is 2.17. The van der Waals surface area contributed by atoms with Crippen LogP contribution in [0, 0.1) is 18.5 Å². The number of carbonyl (C=O) groups is 2. The zero-order valence-corrected chi connectivity index (χ0v) is 24.3. The number of nitrogens with one attached hydrogen (secondary N) is 2. The van der Waals surface area contributed by atoms with E-state index in [0.29, 0.717) is 22.2 Å². The Bertz CT molecular complexity index is 1280. The van der Waals surface area contributed by atoms with E-state index in [1.165, 1.54) is 6.21 Å². The number of hydrazone groups is 1. The maximum Gasteiger partial charge on any atom is 0.262 e. The number of hydrogen-bond donors (Lipinski definition) is 2. The van der Waals surface area contributed by atoms with Gasteiger partial charge >= 0.3 is 0 Å². The van der Waals surface area contributed by atoms with Crippen LogP contribution in [0.3, 0.4) is 0 Å². The Labute approximate surface area is 238 Å². The molecule has 0 bridgehead atoms. The number of benzene rings is 3. The van der Waals surface area contributed by atoms with Crippen LogP contribution in [0.2, 0.25) is 0 Å². The highest BCUT2D eigenvalue weighted by atomic mass is 127. The van der Waals surface area contributed by atoms with Crippen molar-refractivity contribution in [2.45, 2.75) is 19.6 Å². The van der Waals surface area contributed by atoms with Gasteiger partial charge in [0.25, 0.3) is 11.8 Å². The molecule has 35 heavy (non-hydrogen) atoms. The molecule has 0 heterocycles. The molecule has 0 fully saturated rings. The molecule has 1 unspecified atom stereocenters. The first-order valence-electron chi connectivity index (χ1n) is 10.3. The largest absolute Gasteiger partial charge is 0.487 e. The predicted octanol–water partition coefficient (Wildman–Crippen LogP) is 5.38. The summed E-state index contributed by atoms with van der Waals surface area (Å²) in [7, 11) is 0. The number of rotatable bonds is 8. The Kier molecular flexibility index (Phi) is 10.1. The Hall–Kier alpha value is -2.50. The van der Waals surface area contributed by atoms with E-state index < -0.39 is 11.9 Å². The van der Waals surface area contributed by atoms with Gasteiger partial charge in [0.1, 0.15) is 18.4 Å². The number of hydrogen-bond acceptors (Lipinski definition) is 5. The summed E-state index contributed by atoms with van der Waals surface area (Å²) in [5.74, 6) is -0.0432. The van der Waals surface area contributed by atoms with Gasteiger partial charge in [0, 0.05) is 4.47 Å². The van der Waals surface area contributed by atoms with Crippen molar-refractivity contribution in [2.24, 2.45) is 5.10 Å². The molecule has 3 rings (SSSR count). The lowest BCUT2D eigenvalue weighted by molar-refractivity contribution is -0.122. The zero-order valence-electron chi connectivity index (χ0n) is 18.4. The average Bonchev–Trinajstić information content (AvgIpc) is 2.84. The summed E-state index contributed by atoms with van der Waals surface area (Å²) >= 11 is 7.71. The van der Waals surface area contributed by atoms with Crippen LogP contribution in [-0.4, -0.2) is 24.1 Å². The zero-order chi connectivity index (χ0) is 25.4. The van der Waals surface area contributed by atoms with E-state index >= 15 is 0 Å². The third-order valence-corrected chi connectivity index (χ3v) is 7.03. The summed E-state index contributed by atoms with van der Waals surface area (Å²) in [5, 5.41) is 15.6. The maximum absolute atomic E-state index is 12.4. The van der Waals surface area contributed by atoms with Crippen molar-refractivity contribution in [3.05, 3.63) is 94.5 Å². The van der Waals surface area contributed by atoms with E-state index in [0.717, 1.165) is 24.0 Å². The molecule has 178 valence electrons. The molecule has 0 aliphatic rings. The summed E-state index contributed by atoms with van der Waals surface area (Å²) in [6.07, 6.45) is 1.54. The van der Waals surface area contributed by atoms with Crippen LogP contribution < -0.4 is 15.5 Å². The van der Waals surface area contributed by atoms with E-state index in [2.05, 4.69) is 83.0 Å². The van der Waals surface area contributed by atoms with E-state index in [9.17, 15) is 9.59 Å². The van der Waals surface area contributed by atoms with Crippen molar-refractivity contribution in [1.82, 2.24) is 10.7 Å². The first-order valence-corrected chi connectivity index (χ1v) is 13.2. The van der Waals surface area contributed by atoms with Crippen molar-refractivity contribution in [3.63, 3.8) is 0 Å². The minimum atomic E-state index is -0.773. The molecule has 0 spiro atoms. The Morgan fingerprint density at radius 2 is 1.80 bits per heavy atom. The second-order valence-corrected chi connectivity index (χ2v) is 10.5. The minimum Gasteiger partial charge on any atom is -0.487 e. The van der Waals surface area contributed by atoms with E-state index in [1.54, 1.807) is 37.3 Å². The van der Waals surface area contributed by atoms with Crippen LogP contribution in [0.1, 0.15) is 34.0 Å². The molecule has 2 amide bonds. The first-order chi connectivity index (χ1) is 16.8. The van der Waals surface area contributed by atoms with Crippen LogP contribution in [-0.2, 0) is 11.4 Å². The predicted molar refractivity (Wildman–Crippen MR) is 154 cm³/mol. The molecule has 10 heteroatoms. The standard InChI is InChI=1S/C25H19BrI2N4O3/c1-15(31-25(34)19-4-2-3-5-20(19)26)24(33)32-30-13-18-10-21(27)23(22(28)11-18)35-14-17-8-6-16(12-29)7-9-17/h2-11,13,15H,14H2,1H3,(H,31,34)(H,32,33). The number of nitrogens with zero attached hydrogens (tertiary/aromatic N) is 2. The normalized spacial score (nSPS) is 11.5. The fourth-order valence-corrected chi connectivity index (χ4v) is 5.47. The molecular formula is C25H19BrI2N4O3. The molecule has 0 aliphatic carbocycles. The SMILES string of the molecule is CC(NC(=O)c1ccccc1Br)C(=O)NN=Cc1cc(I)c(OCc2ccc(C#N)cc2)c(I)c1. The van der Waals surface area contributed by atoms with E-state index in [4.69, 9.17) is 10.00 Å². The van der Waals surface area contributed by atoms with E-state index in [-0.39, 0.29) is 5.91 Å². The van der Waals surface area contributed by atoms with Crippen molar-refractivity contribution >= 4 is 79.1 Å². The molecular weight excluding hydrogens is 738 g/mol. The lowest BCUT2D eigenvalue weighted by atomic mass is 10.1. The Morgan fingerprint density at radius 3 is 2.43 bits per heavy atom. The van der Waals surface area contributed by atoms with Gasteiger partial charge in [0.2, 0.25) is 0 Å². The molecule has 0 aromatic heterocycles. The lowest BCUT2D eigenvalue weighted by Crippen LogP contribution is -2.43. The maximum atomic E-state index is 12.4. The van der Waals surface area contributed by atoms with Crippen LogP contribution in [0.4, 0.5) is 0 Å². The third-order valence-electron chi connectivity index (χ3n) is 4.73. The second-order valence-electron chi connectivity index (χ2n) is 7.32. The molecule has 3 aromatic carbocycles. The third kappa shape index (κ3) is 7.74. The van der Waals surface area contributed by atoms with E-state index in [1.807, 2.05) is 30.3 Å². The highest BCUT2D eigenvalue weighted by molar-refractivity contribution is 14.1. The summed E-state index contributed by atoms with van der Waals surface area (Å²) in [6, 6.07) is 19.3. The Morgan fingerprint density at radius 1 is 1.14 bits per heavy atom. The molecule has 0 aliphatic heterocycles. The quantitative estimate of drug-likeness (QED) is 0.183. The summed E-state index contributed by atoms with van der Waals surface area (Å²) in [6.45, 7) is 1.97. The van der Waals surface area contributed by atoms with Crippen LogP contribution >= 0.6 is 61.1 Å². The highest BCUT2D eigenvalue weighted by Crippen LogP contribution is 2.29. The van der Waals surface area contributed by atoms with Gasteiger partial charge in [-0.2, -0.15) is 10.4 Å². The monoisotopic (exact) mass is 756 g/mol. The lowest BCUT2D eigenvalue weighted by Gasteiger charge is -2.13. The van der Waals surface area contributed by atoms with Gasteiger partial charge in [-0.05, 0) is 116 Å². The summed E-state index contributed by atoms with van der Waals surface area (Å²) in [4.78, 5) is 24.7. The van der Waals surface area contributed by atoms with Crippen molar-refractivity contribution < 1.29 is 14.3 Å². The van der Waals surface area contributed by atoms with Gasteiger partial charge in [0.15, 0.2) is 0 Å². The molecule has 1 atom stereocenters. The van der Waals surface area contributed by atoms with Gasteiger partial charge in [-0.25, -0.2) is 5.43 Å². The minimum absolute atomic E-state index is 0.357. The fraction of sp³-hybridized carbons (Fsp3) is 0.120. The second kappa shape index (κ2) is 13.0. The molecule has 0 saturated carbocycles. The van der Waals surface area contributed by atoms with Gasteiger partial charge in [-0.1, -0.05) is 24.3 Å². The van der Waals surface area contributed by atoms with Crippen molar-refractivity contribution in [3.8, 4) is 11.8 Å². The summed E-state index contributed by atoms with van der Waals surface area (Å²) < 4.78 is 8.42. The van der Waals surface area contributed by atoms with Crippen molar-refractivity contribution in [1.29, 1.82) is 5.26 Å². The van der Waals surface area contributed by atoms with Gasteiger partial charge in [-0.15, -0.1) is 0 Å². The molecule has 3 aromatic rings. The summed E-state index contributed by atoms with van der Waals surface area (Å²) in [5.41, 5.74) is 5.26.